The summed E-state index contributed by atoms with van der Waals surface area (Å²) < 4.78 is 0. The van der Waals surface area contributed by atoms with Crippen LogP contribution in [0.2, 0.25) is 0 Å². The molecule has 1 heteroatoms. The van der Waals surface area contributed by atoms with E-state index in [1.165, 1.54) is 69.8 Å². The second kappa shape index (κ2) is 6.86. The average Bonchev–Trinajstić information content (AvgIpc) is 3.27. The molecule has 0 aromatic rings. The van der Waals surface area contributed by atoms with Gasteiger partial charge >= 0.3 is 0 Å². The van der Waals surface area contributed by atoms with Gasteiger partial charge in [-0.3, -0.25) is 0 Å². The minimum atomic E-state index is -0.0840. The summed E-state index contributed by atoms with van der Waals surface area (Å²) in [6, 6.07) is 0. The molecule has 1 nitrogen and oxygen atoms in total. The molecule has 2 spiro atoms. The Morgan fingerprint density at radius 2 is 1.55 bits per heavy atom. The van der Waals surface area contributed by atoms with Gasteiger partial charge in [-0.05, 0) is 135 Å². The Bertz CT molecular complexity index is 760. The lowest BCUT2D eigenvalue weighted by Gasteiger charge is -2.63. The topological polar surface area (TPSA) is 20.2 Å². The van der Waals surface area contributed by atoms with Crippen LogP contribution in [0.5, 0.6) is 0 Å². The molecule has 176 valence electrons. The summed E-state index contributed by atoms with van der Waals surface area (Å²) in [4.78, 5) is 0. The van der Waals surface area contributed by atoms with Gasteiger partial charge in [-0.15, -0.1) is 0 Å². The summed E-state index contributed by atoms with van der Waals surface area (Å²) in [5.41, 5.74) is 3.87. The lowest BCUT2D eigenvalue weighted by molar-refractivity contribution is -0.161. The van der Waals surface area contributed by atoms with Crippen LogP contribution in [0, 0.1) is 50.7 Å². The van der Waals surface area contributed by atoms with Crippen molar-refractivity contribution in [2.24, 2.45) is 50.7 Å². The van der Waals surface area contributed by atoms with Crippen molar-refractivity contribution in [3.63, 3.8) is 0 Å². The lowest BCUT2D eigenvalue weighted by Crippen LogP contribution is -2.57. The van der Waals surface area contributed by atoms with Gasteiger partial charge in [0.2, 0.25) is 0 Å². The van der Waals surface area contributed by atoms with Gasteiger partial charge < -0.3 is 5.11 Å². The van der Waals surface area contributed by atoms with E-state index in [0.29, 0.717) is 21.7 Å². The maximum Gasteiger partial charge on any atom is 0.0594 e. The highest BCUT2D eigenvalue weighted by atomic mass is 16.3. The van der Waals surface area contributed by atoms with Gasteiger partial charge in [0.15, 0.2) is 0 Å². The molecule has 9 atom stereocenters. The first-order valence-electron chi connectivity index (χ1n) is 13.8. The molecule has 5 aliphatic carbocycles. The van der Waals surface area contributed by atoms with Crippen LogP contribution in [-0.2, 0) is 0 Å². The molecule has 0 saturated heterocycles. The van der Waals surface area contributed by atoms with Crippen molar-refractivity contribution < 1.29 is 5.11 Å². The molecule has 0 radical (unpaired) electrons. The van der Waals surface area contributed by atoms with Crippen molar-refractivity contribution in [1.82, 2.24) is 0 Å². The molecule has 0 unspecified atom stereocenters. The Labute approximate surface area is 192 Å². The Hall–Kier alpha value is -0.300. The maximum absolute atomic E-state index is 10.8. The van der Waals surface area contributed by atoms with Crippen molar-refractivity contribution in [2.45, 2.75) is 125 Å². The van der Waals surface area contributed by atoms with E-state index in [0.717, 1.165) is 30.1 Å². The summed E-state index contributed by atoms with van der Waals surface area (Å²) in [5, 5.41) is 10.8. The van der Waals surface area contributed by atoms with E-state index in [1.807, 2.05) is 0 Å². The number of aliphatic hydroxyl groups is 1. The standard InChI is InChI=1S/C30H50O/c1-20(2)9-8-10-21(3)22-13-15-28(7)24-12-11-23-26(4,5)25(31)14-16-29(23)19-30(24,29)18-17-27(22,28)6/h9,21-25,31H,8,10-19H2,1-7H3/t21-,22+,23+,24-,25+,27+,28-,29-,30+/m1/s1. The molecular weight excluding hydrogens is 376 g/mol. The van der Waals surface area contributed by atoms with Crippen LogP contribution in [-0.4, -0.2) is 11.2 Å². The molecule has 0 aromatic carbocycles. The van der Waals surface area contributed by atoms with Crippen molar-refractivity contribution in [2.75, 3.05) is 0 Å². The minimum absolute atomic E-state index is 0.0840. The SMILES string of the molecule is CC(C)=CCC[C@@H](C)[C@@H]1CC[C@]2(C)[C@H]3CC[C@H]4C(C)(C)[C@@H](O)CC[C@@]45C[C@@]35CC[C@@]12C. The Morgan fingerprint density at radius 3 is 2.26 bits per heavy atom. The van der Waals surface area contributed by atoms with Crippen molar-refractivity contribution >= 4 is 0 Å². The first-order chi connectivity index (χ1) is 14.4. The molecule has 5 saturated carbocycles. The molecule has 0 amide bonds. The summed E-state index contributed by atoms with van der Waals surface area (Å²) >= 11 is 0. The fourth-order valence-electron chi connectivity index (χ4n) is 11.1. The number of hydrogen-bond donors (Lipinski definition) is 1. The predicted molar refractivity (Wildman–Crippen MR) is 131 cm³/mol. The van der Waals surface area contributed by atoms with Crippen LogP contribution in [0.15, 0.2) is 11.6 Å². The molecule has 5 fully saturated rings. The number of hydrogen-bond acceptors (Lipinski definition) is 1. The van der Waals surface area contributed by atoms with Crippen molar-refractivity contribution in [3.05, 3.63) is 11.6 Å². The molecule has 0 aliphatic heterocycles. The Morgan fingerprint density at radius 1 is 0.871 bits per heavy atom. The van der Waals surface area contributed by atoms with Gasteiger partial charge in [-0.2, -0.15) is 0 Å². The van der Waals surface area contributed by atoms with Gasteiger partial charge in [-0.1, -0.05) is 46.3 Å². The normalized spacial score (nSPS) is 52.9. The summed E-state index contributed by atoms with van der Waals surface area (Å²) in [6.45, 7) is 17.3. The predicted octanol–water partition coefficient (Wildman–Crippen LogP) is 8.17. The summed E-state index contributed by atoms with van der Waals surface area (Å²) in [7, 11) is 0. The lowest BCUT2D eigenvalue weighted by atomic mass is 9.41. The summed E-state index contributed by atoms with van der Waals surface area (Å²) in [6.07, 6.45) is 17.6. The average molecular weight is 427 g/mol. The maximum atomic E-state index is 10.8. The van der Waals surface area contributed by atoms with Crippen molar-refractivity contribution in [3.8, 4) is 0 Å². The van der Waals surface area contributed by atoms with E-state index in [9.17, 15) is 5.11 Å². The van der Waals surface area contributed by atoms with Gasteiger partial charge in [0.1, 0.15) is 0 Å². The third-order valence-corrected chi connectivity index (χ3v) is 13.0. The monoisotopic (exact) mass is 426 g/mol. The quantitative estimate of drug-likeness (QED) is 0.449. The largest absolute Gasteiger partial charge is 0.393 e. The van der Waals surface area contributed by atoms with Crippen LogP contribution in [0.1, 0.15) is 119 Å². The number of fused-ring (bicyclic) bond motifs is 2. The van der Waals surface area contributed by atoms with Gasteiger partial charge in [0.25, 0.3) is 0 Å². The van der Waals surface area contributed by atoms with Crippen LogP contribution < -0.4 is 0 Å². The molecule has 5 aliphatic rings. The molecule has 1 N–H and O–H groups in total. The van der Waals surface area contributed by atoms with Crippen LogP contribution in [0.3, 0.4) is 0 Å². The van der Waals surface area contributed by atoms with Gasteiger partial charge in [0.05, 0.1) is 6.10 Å². The van der Waals surface area contributed by atoms with Crippen LogP contribution in [0.4, 0.5) is 0 Å². The second-order valence-electron chi connectivity index (χ2n) is 14.4. The van der Waals surface area contributed by atoms with Crippen molar-refractivity contribution in [1.29, 1.82) is 0 Å². The number of rotatable bonds is 4. The molecule has 0 bridgehead atoms. The van der Waals surface area contributed by atoms with Gasteiger partial charge in [-0.25, -0.2) is 0 Å². The smallest absolute Gasteiger partial charge is 0.0594 e. The van der Waals surface area contributed by atoms with E-state index in [1.54, 1.807) is 0 Å². The highest BCUT2D eigenvalue weighted by Crippen LogP contribution is 2.89. The third-order valence-electron chi connectivity index (χ3n) is 13.0. The zero-order valence-electron chi connectivity index (χ0n) is 21.7. The van der Waals surface area contributed by atoms with Crippen LogP contribution in [0.25, 0.3) is 0 Å². The fourth-order valence-corrected chi connectivity index (χ4v) is 11.1. The van der Waals surface area contributed by atoms with Crippen LogP contribution >= 0.6 is 0 Å². The molecule has 5 rings (SSSR count). The fraction of sp³-hybridized carbons (Fsp3) is 0.933. The van der Waals surface area contributed by atoms with E-state index < -0.39 is 0 Å². The molecular formula is C30H50O. The highest BCUT2D eigenvalue weighted by Gasteiger charge is 2.82. The van der Waals surface area contributed by atoms with E-state index in [4.69, 9.17) is 0 Å². The van der Waals surface area contributed by atoms with E-state index in [2.05, 4.69) is 54.5 Å². The molecule has 0 aromatic heterocycles. The molecule has 31 heavy (non-hydrogen) atoms. The number of allylic oxidation sites excluding steroid dienone is 2. The first-order valence-corrected chi connectivity index (χ1v) is 13.8. The zero-order chi connectivity index (χ0) is 22.4. The van der Waals surface area contributed by atoms with E-state index in [-0.39, 0.29) is 11.5 Å². The summed E-state index contributed by atoms with van der Waals surface area (Å²) in [5.74, 6) is 3.46. The second-order valence-corrected chi connectivity index (χ2v) is 14.4. The Balaban J connectivity index is 1.41. The third kappa shape index (κ3) is 2.71. The number of aliphatic hydroxyl groups excluding tert-OH is 1. The molecule has 0 heterocycles. The highest BCUT2D eigenvalue weighted by molar-refractivity contribution is 5.30. The Kier molecular flexibility index (Phi) is 4.98. The first kappa shape index (κ1) is 22.5. The zero-order valence-corrected chi connectivity index (χ0v) is 21.7. The van der Waals surface area contributed by atoms with Gasteiger partial charge in [0, 0.05) is 0 Å². The van der Waals surface area contributed by atoms with E-state index >= 15 is 0 Å². The minimum Gasteiger partial charge on any atom is -0.393 e.